The summed E-state index contributed by atoms with van der Waals surface area (Å²) in [4.78, 5) is 26.6. The molecule has 0 fully saturated rings. The summed E-state index contributed by atoms with van der Waals surface area (Å²) in [5, 5.41) is 21.3. The first-order chi connectivity index (χ1) is 10.1. The minimum atomic E-state index is -1.27. The van der Waals surface area contributed by atoms with Crippen LogP contribution in [0.3, 0.4) is 0 Å². The molecule has 0 saturated carbocycles. The van der Waals surface area contributed by atoms with Gasteiger partial charge in [0.05, 0.1) is 17.8 Å². The Morgan fingerprint density at radius 1 is 1.19 bits per heavy atom. The average molecular weight is 286 g/mol. The van der Waals surface area contributed by atoms with Gasteiger partial charge in [0.15, 0.2) is 6.10 Å². The predicted octanol–water partition coefficient (Wildman–Crippen LogP) is 1.13. The number of rotatable bonds is 5. The van der Waals surface area contributed by atoms with Crippen molar-refractivity contribution in [2.24, 2.45) is 0 Å². The van der Waals surface area contributed by atoms with Gasteiger partial charge in [0.2, 0.25) is 0 Å². The number of aromatic carboxylic acids is 1. The summed E-state index contributed by atoms with van der Waals surface area (Å²) in [7, 11) is 0. The molecule has 1 unspecified atom stereocenters. The second-order valence-corrected chi connectivity index (χ2v) is 4.37. The van der Waals surface area contributed by atoms with Crippen LogP contribution >= 0.6 is 0 Å². The highest BCUT2D eigenvalue weighted by molar-refractivity contribution is 5.87. The van der Waals surface area contributed by atoms with Crippen molar-refractivity contribution in [3.05, 3.63) is 65.5 Å². The molecule has 1 aromatic carbocycles. The van der Waals surface area contributed by atoms with Crippen molar-refractivity contribution in [2.45, 2.75) is 12.6 Å². The summed E-state index contributed by atoms with van der Waals surface area (Å²) in [5.74, 6) is -1.63. The molecule has 21 heavy (non-hydrogen) atoms. The Morgan fingerprint density at radius 2 is 1.90 bits per heavy atom. The van der Waals surface area contributed by atoms with E-state index in [1.165, 1.54) is 18.3 Å². The van der Waals surface area contributed by atoms with Gasteiger partial charge >= 0.3 is 5.97 Å². The lowest BCUT2D eigenvalue weighted by Crippen LogP contribution is -2.29. The van der Waals surface area contributed by atoms with Gasteiger partial charge in [-0.15, -0.1) is 0 Å². The van der Waals surface area contributed by atoms with E-state index in [1.807, 2.05) is 0 Å². The fourth-order valence-electron chi connectivity index (χ4n) is 1.77. The highest BCUT2D eigenvalue weighted by Crippen LogP contribution is 2.12. The summed E-state index contributed by atoms with van der Waals surface area (Å²) in [5.41, 5.74) is 0.989. The van der Waals surface area contributed by atoms with Crippen molar-refractivity contribution < 1.29 is 19.8 Å². The van der Waals surface area contributed by atoms with Crippen LogP contribution in [0.25, 0.3) is 0 Å². The number of hydrogen-bond donors (Lipinski definition) is 3. The zero-order valence-electron chi connectivity index (χ0n) is 11.1. The van der Waals surface area contributed by atoms with Gasteiger partial charge in [-0.25, -0.2) is 4.79 Å². The number of benzene rings is 1. The predicted molar refractivity (Wildman–Crippen MR) is 74.4 cm³/mol. The van der Waals surface area contributed by atoms with Crippen LogP contribution in [0.1, 0.15) is 27.7 Å². The van der Waals surface area contributed by atoms with Crippen LogP contribution in [0.5, 0.6) is 0 Å². The molecule has 0 bridgehead atoms. The lowest BCUT2D eigenvalue weighted by Gasteiger charge is -2.11. The number of nitrogens with zero attached hydrogens (tertiary/aromatic N) is 1. The van der Waals surface area contributed by atoms with Crippen LogP contribution in [0.2, 0.25) is 0 Å². The van der Waals surface area contributed by atoms with Gasteiger partial charge in [0.1, 0.15) is 0 Å². The summed E-state index contributed by atoms with van der Waals surface area (Å²) in [6.45, 7) is 0.0455. The third-order valence-electron chi connectivity index (χ3n) is 2.87. The van der Waals surface area contributed by atoms with E-state index in [0.29, 0.717) is 11.3 Å². The second-order valence-electron chi connectivity index (χ2n) is 4.37. The topological polar surface area (TPSA) is 99.5 Å². The lowest BCUT2D eigenvalue weighted by molar-refractivity contribution is -0.129. The van der Waals surface area contributed by atoms with E-state index in [9.17, 15) is 14.7 Å². The Bertz CT molecular complexity index is 643. The van der Waals surface area contributed by atoms with Crippen LogP contribution in [0.4, 0.5) is 0 Å². The summed E-state index contributed by atoms with van der Waals surface area (Å²) >= 11 is 0. The van der Waals surface area contributed by atoms with Gasteiger partial charge in [-0.1, -0.05) is 30.3 Å². The number of amides is 1. The lowest BCUT2D eigenvalue weighted by atomic mass is 10.1. The van der Waals surface area contributed by atoms with E-state index in [2.05, 4.69) is 10.3 Å². The fraction of sp³-hybridized carbons (Fsp3) is 0.133. The molecule has 0 aliphatic heterocycles. The first kappa shape index (κ1) is 14.7. The van der Waals surface area contributed by atoms with Gasteiger partial charge < -0.3 is 15.5 Å². The van der Waals surface area contributed by atoms with Crippen molar-refractivity contribution in [2.75, 3.05) is 0 Å². The van der Waals surface area contributed by atoms with Crippen LogP contribution in [-0.2, 0) is 11.3 Å². The van der Waals surface area contributed by atoms with Gasteiger partial charge in [-0.3, -0.25) is 9.78 Å². The second kappa shape index (κ2) is 6.62. The Morgan fingerprint density at radius 3 is 2.57 bits per heavy atom. The number of pyridine rings is 1. The van der Waals surface area contributed by atoms with Crippen molar-refractivity contribution >= 4 is 11.9 Å². The molecule has 6 heteroatoms. The molecule has 1 aromatic heterocycles. The smallest absolute Gasteiger partial charge is 0.335 e. The maximum absolute atomic E-state index is 11.8. The molecule has 0 saturated heterocycles. The van der Waals surface area contributed by atoms with Crippen molar-refractivity contribution in [1.29, 1.82) is 0 Å². The third kappa shape index (κ3) is 3.87. The van der Waals surface area contributed by atoms with Crippen LogP contribution < -0.4 is 5.32 Å². The summed E-state index contributed by atoms with van der Waals surface area (Å²) in [6.07, 6.45) is 0.0901. The molecule has 6 nitrogen and oxygen atoms in total. The van der Waals surface area contributed by atoms with Crippen LogP contribution in [0.15, 0.2) is 48.7 Å². The molecule has 2 rings (SSSR count). The molecular formula is C15H14N2O4. The number of carbonyl (C=O) groups excluding carboxylic acids is 1. The molecular weight excluding hydrogens is 272 g/mol. The Hall–Kier alpha value is -2.73. The molecule has 0 aliphatic rings. The van der Waals surface area contributed by atoms with Crippen molar-refractivity contribution in [1.82, 2.24) is 10.3 Å². The first-order valence-corrected chi connectivity index (χ1v) is 6.27. The van der Waals surface area contributed by atoms with Gasteiger partial charge in [-0.05, 0) is 17.7 Å². The number of carboxylic acid groups (broad SMARTS) is 1. The maximum atomic E-state index is 11.8. The molecule has 1 atom stereocenters. The van der Waals surface area contributed by atoms with Crippen molar-refractivity contribution in [3.63, 3.8) is 0 Å². The Labute approximate surface area is 121 Å². The highest BCUT2D eigenvalue weighted by Gasteiger charge is 2.16. The molecule has 0 aliphatic carbocycles. The molecule has 1 amide bonds. The number of aliphatic hydroxyl groups is 1. The van der Waals surface area contributed by atoms with Crippen molar-refractivity contribution in [3.8, 4) is 0 Å². The van der Waals surface area contributed by atoms with Crippen LogP contribution in [-0.4, -0.2) is 27.1 Å². The monoisotopic (exact) mass is 286 g/mol. The molecule has 0 radical (unpaired) electrons. The molecule has 1 heterocycles. The molecule has 108 valence electrons. The fourth-order valence-corrected chi connectivity index (χ4v) is 1.77. The van der Waals surface area contributed by atoms with E-state index in [0.717, 1.165) is 0 Å². The molecule has 2 aromatic rings. The minimum absolute atomic E-state index is 0.0455. The number of aliphatic hydroxyl groups excluding tert-OH is 1. The minimum Gasteiger partial charge on any atom is -0.478 e. The number of carbonyl (C=O) groups is 2. The molecule has 3 N–H and O–H groups in total. The standard InChI is InChI=1S/C15H14N2O4/c18-13(10-4-2-1-3-5-10)14(19)17-9-12-8-11(15(20)21)6-7-16-12/h1-8,13,18H,9H2,(H,17,19)(H,20,21). The molecule has 0 spiro atoms. The summed E-state index contributed by atoms with van der Waals surface area (Å²) in [6, 6.07) is 11.3. The van der Waals surface area contributed by atoms with E-state index in [4.69, 9.17) is 5.11 Å². The number of aromatic nitrogens is 1. The quantitative estimate of drug-likeness (QED) is 0.765. The van der Waals surface area contributed by atoms with Gasteiger partial charge in [-0.2, -0.15) is 0 Å². The first-order valence-electron chi connectivity index (χ1n) is 6.27. The van der Waals surface area contributed by atoms with Crippen LogP contribution in [0, 0.1) is 0 Å². The zero-order valence-corrected chi connectivity index (χ0v) is 11.1. The Balaban J connectivity index is 1.98. The Kier molecular flexibility index (Phi) is 4.63. The number of carboxylic acids is 1. The third-order valence-corrected chi connectivity index (χ3v) is 2.87. The average Bonchev–Trinajstić information content (AvgIpc) is 2.53. The SMILES string of the molecule is O=C(O)c1ccnc(CNC(=O)C(O)c2ccccc2)c1. The largest absolute Gasteiger partial charge is 0.478 e. The van der Waals surface area contributed by atoms with E-state index in [1.54, 1.807) is 30.3 Å². The normalized spacial score (nSPS) is 11.7. The van der Waals surface area contributed by atoms with E-state index in [-0.39, 0.29) is 12.1 Å². The van der Waals surface area contributed by atoms with E-state index >= 15 is 0 Å². The number of nitrogens with one attached hydrogen (secondary N) is 1. The number of hydrogen-bond acceptors (Lipinski definition) is 4. The zero-order chi connectivity index (χ0) is 15.2. The summed E-state index contributed by atoms with van der Waals surface area (Å²) < 4.78 is 0. The highest BCUT2D eigenvalue weighted by atomic mass is 16.4. The van der Waals surface area contributed by atoms with Gasteiger partial charge in [0, 0.05) is 6.20 Å². The maximum Gasteiger partial charge on any atom is 0.335 e. The van der Waals surface area contributed by atoms with E-state index < -0.39 is 18.0 Å². The van der Waals surface area contributed by atoms with Gasteiger partial charge in [0.25, 0.3) is 5.91 Å².